The molecular formula is C12H32ClNO5Si2. The number of hydrogen-bond acceptors (Lipinski definition) is 6. The van der Waals surface area contributed by atoms with Crippen LogP contribution in [0.4, 0.5) is 0 Å². The third kappa shape index (κ3) is 10.8. The summed E-state index contributed by atoms with van der Waals surface area (Å²) in [5.41, 5.74) is 5.36. The van der Waals surface area contributed by atoms with Crippen molar-refractivity contribution in [1.82, 2.24) is 0 Å². The third-order valence-electron chi connectivity index (χ3n) is 3.25. The molecule has 0 aromatic rings. The first kappa shape index (κ1) is 23.7. The summed E-state index contributed by atoms with van der Waals surface area (Å²) in [5, 5.41) is 0. The van der Waals surface area contributed by atoms with Crippen LogP contribution in [0.5, 0.6) is 0 Å². The summed E-state index contributed by atoms with van der Waals surface area (Å²) in [7, 11) is 4.09. The molecule has 0 atom stereocenters. The van der Waals surface area contributed by atoms with Crippen molar-refractivity contribution in [1.29, 1.82) is 0 Å². The highest BCUT2D eigenvalue weighted by Gasteiger charge is 2.36. The Balaban J connectivity index is 0. The fourth-order valence-corrected chi connectivity index (χ4v) is 5.05. The molecule has 0 saturated heterocycles. The van der Waals surface area contributed by atoms with Gasteiger partial charge in [-0.05, 0) is 32.0 Å². The fraction of sp³-hybridized carbons (Fsp3) is 1.00. The van der Waals surface area contributed by atoms with Gasteiger partial charge in [-0.2, -0.15) is 0 Å². The Morgan fingerprint density at radius 2 is 1.29 bits per heavy atom. The van der Waals surface area contributed by atoms with Crippen molar-refractivity contribution in [2.24, 2.45) is 5.73 Å². The quantitative estimate of drug-likeness (QED) is 0.449. The van der Waals surface area contributed by atoms with Crippen molar-refractivity contribution in [3.63, 3.8) is 0 Å². The SMILES string of the molecule is CO[Si](C)(CCCN)OC.CO[Si](CCCCl)(OC)OC. The summed E-state index contributed by atoms with van der Waals surface area (Å²) in [6.45, 7) is 2.76. The molecule has 0 aromatic carbocycles. The second-order valence-corrected chi connectivity index (χ2v) is 11.6. The molecule has 0 aromatic heterocycles. The van der Waals surface area contributed by atoms with Gasteiger partial charge in [0, 0.05) is 47.5 Å². The first-order valence-corrected chi connectivity index (χ1v) is 11.9. The van der Waals surface area contributed by atoms with E-state index < -0.39 is 17.4 Å². The van der Waals surface area contributed by atoms with Crippen LogP contribution in [0.25, 0.3) is 0 Å². The minimum atomic E-state index is -2.32. The highest BCUT2D eigenvalue weighted by molar-refractivity contribution is 6.65. The van der Waals surface area contributed by atoms with E-state index in [4.69, 9.17) is 39.5 Å². The molecule has 2 N–H and O–H groups in total. The van der Waals surface area contributed by atoms with E-state index in [9.17, 15) is 0 Å². The number of rotatable bonds is 11. The van der Waals surface area contributed by atoms with Crippen LogP contribution in [0, 0.1) is 0 Å². The second kappa shape index (κ2) is 14.1. The predicted octanol–water partition coefficient (Wildman–Crippen LogP) is 2.19. The molecular weight excluding hydrogens is 330 g/mol. The van der Waals surface area contributed by atoms with Crippen molar-refractivity contribution < 1.29 is 22.1 Å². The molecule has 9 heteroatoms. The second-order valence-electron chi connectivity index (χ2n) is 4.52. The molecule has 21 heavy (non-hydrogen) atoms. The lowest BCUT2D eigenvalue weighted by molar-refractivity contribution is 0.123. The molecule has 0 unspecified atom stereocenters. The number of halogens is 1. The predicted molar refractivity (Wildman–Crippen MR) is 91.0 cm³/mol. The Morgan fingerprint density at radius 1 is 0.810 bits per heavy atom. The number of nitrogens with two attached hydrogens (primary N) is 1. The normalized spacial score (nSPS) is 12.0. The number of alkyl halides is 1. The topological polar surface area (TPSA) is 72.2 Å². The minimum Gasteiger partial charge on any atom is -0.398 e. The van der Waals surface area contributed by atoms with Crippen LogP contribution >= 0.6 is 11.6 Å². The van der Waals surface area contributed by atoms with Crippen LogP contribution < -0.4 is 5.73 Å². The van der Waals surface area contributed by atoms with Crippen molar-refractivity contribution in [3.8, 4) is 0 Å². The molecule has 0 saturated carbocycles. The standard InChI is InChI=1S/C6H15ClO3Si.C6H17NO2Si/c1-8-11(9-2,10-3)6-4-5-7;1-8-10(3,9-2)6-4-5-7/h4-6H2,1-3H3;4-7H2,1-3H3. The van der Waals surface area contributed by atoms with Crippen molar-refractivity contribution in [2.75, 3.05) is 48.0 Å². The van der Waals surface area contributed by atoms with E-state index in [0.29, 0.717) is 5.88 Å². The largest absolute Gasteiger partial charge is 0.500 e. The summed E-state index contributed by atoms with van der Waals surface area (Å²) >= 11 is 5.53. The van der Waals surface area contributed by atoms with Gasteiger partial charge in [0.25, 0.3) is 0 Å². The van der Waals surface area contributed by atoms with E-state index >= 15 is 0 Å². The lowest BCUT2D eigenvalue weighted by Gasteiger charge is -2.23. The maximum atomic E-state index is 5.53. The summed E-state index contributed by atoms with van der Waals surface area (Å²) in [6, 6.07) is 1.76. The Hall–Kier alpha value is 0.484. The van der Waals surface area contributed by atoms with E-state index in [1.54, 1.807) is 35.5 Å². The van der Waals surface area contributed by atoms with Crippen LogP contribution in [0.2, 0.25) is 18.6 Å². The molecule has 0 aliphatic rings. The van der Waals surface area contributed by atoms with Gasteiger partial charge in [-0.15, -0.1) is 11.6 Å². The molecule has 0 radical (unpaired) electrons. The van der Waals surface area contributed by atoms with E-state index in [2.05, 4.69) is 0 Å². The van der Waals surface area contributed by atoms with Gasteiger partial charge in [-0.3, -0.25) is 0 Å². The van der Waals surface area contributed by atoms with Crippen LogP contribution in [-0.2, 0) is 22.1 Å². The molecule has 6 nitrogen and oxygen atoms in total. The fourth-order valence-electron chi connectivity index (χ4n) is 1.55. The Labute approximate surface area is 136 Å². The average molecular weight is 362 g/mol. The first-order chi connectivity index (χ1) is 9.92. The van der Waals surface area contributed by atoms with E-state index in [1.165, 1.54) is 0 Å². The van der Waals surface area contributed by atoms with Gasteiger partial charge in [-0.1, -0.05) is 0 Å². The zero-order valence-electron chi connectivity index (χ0n) is 14.2. The summed E-state index contributed by atoms with van der Waals surface area (Å²) < 4.78 is 26.0. The van der Waals surface area contributed by atoms with Crippen LogP contribution in [0.15, 0.2) is 0 Å². The van der Waals surface area contributed by atoms with E-state index in [-0.39, 0.29) is 0 Å². The van der Waals surface area contributed by atoms with Crippen molar-refractivity contribution >= 4 is 29.0 Å². The van der Waals surface area contributed by atoms with Gasteiger partial charge in [0.1, 0.15) is 0 Å². The molecule has 0 rings (SSSR count). The highest BCUT2D eigenvalue weighted by Crippen LogP contribution is 2.15. The maximum Gasteiger partial charge on any atom is 0.500 e. The lowest BCUT2D eigenvalue weighted by Crippen LogP contribution is -2.42. The first-order valence-electron chi connectivity index (χ1n) is 6.94. The van der Waals surface area contributed by atoms with Gasteiger partial charge in [-0.25, -0.2) is 0 Å². The molecule has 0 spiro atoms. The van der Waals surface area contributed by atoms with Crippen LogP contribution in [0.1, 0.15) is 12.8 Å². The monoisotopic (exact) mass is 361 g/mol. The smallest absolute Gasteiger partial charge is 0.398 e. The van der Waals surface area contributed by atoms with Crippen molar-refractivity contribution in [3.05, 3.63) is 0 Å². The zero-order chi connectivity index (χ0) is 16.8. The molecule has 0 heterocycles. The van der Waals surface area contributed by atoms with E-state index in [1.807, 2.05) is 6.55 Å². The Kier molecular flexibility index (Phi) is 15.9. The molecule has 0 aliphatic carbocycles. The zero-order valence-corrected chi connectivity index (χ0v) is 17.0. The summed E-state index contributed by atoms with van der Waals surface area (Å²) in [6.07, 6.45) is 1.85. The minimum absolute atomic E-state index is 0.616. The summed E-state index contributed by atoms with van der Waals surface area (Å²) in [4.78, 5) is 0. The van der Waals surface area contributed by atoms with Gasteiger partial charge >= 0.3 is 17.4 Å². The molecule has 0 bridgehead atoms. The summed E-state index contributed by atoms with van der Waals surface area (Å²) in [5.74, 6) is 0.616. The van der Waals surface area contributed by atoms with Gasteiger partial charge in [0.05, 0.1) is 0 Å². The highest BCUT2D eigenvalue weighted by atomic mass is 35.5. The molecule has 0 amide bonds. The Morgan fingerprint density at radius 3 is 1.57 bits per heavy atom. The van der Waals surface area contributed by atoms with Crippen molar-refractivity contribution in [2.45, 2.75) is 31.5 Å². The van der Waals surface area contributed by atoms with Crippen LogP contribution in [0.3, 0.4) is 0 Å². The van der Waals surface area contributed by atoms with Crippen LogP contribution in [-0.4, -0.2) is 65.3 Å². The lowest BCUT2D eigenvalue weighted by atomic mass is 10.5. The number of hydrogen-bond donors (Lipinski definition) is 1. The van der Waals surface area contributed by atoms with Gasteiger partial charge < -0.3 is 27.9 Å². The van der Waals surface area contributed by atoms with Gasteiger partial charge in [0.2, 0.25) is 0 Å². The van der Waals surface area contributed by atoms with Gasteiger partial charge in [0.15, 0.2) is 0 Å². The Bertz CT molecular complexity index is 223. The average Bonchev–Trinajstić information content (AvgIpc) is 2.55. The molecule has 130 valence electrons. The molecule has 0 fully saturated rings. The maximum absolute atomic E-state index is 5.53. The molecule has 0 aliphatic heterocycles. The van der Waals surface area contributed by atoms with E-state index in [0.717, 1.165) is 31.5 Å². The third-order valence-corrected chi connectivity index (χ3v) is 9.34.